The molecule has 1 N–H and O–H groups in total. The highest BCUT2D eigenvalue weighted by Crippen LogP contribution is 2.49. The number of phenolic OH excluding ortho intramolecular Hbond substituents is 1. The van der Waals surface area contributed by atoms with Crippen LogP contribution in [0.1, 0.15) is 57.9 Å². The lowest BCUT2D eigenvalue weighted by atomic mass is 9.73. The maximum absolute atomic E-state index is 17.0. The molecule has 10 nitrogen and oxygen atoms in total. The summed E-state index contributed by atoms with van der Waals surface area (Å²) in [5.74, 6) is 1.53. The topological polar surface area (TPSA) is 104 Å². The summed E-state index contributed by atoms with van der Waals surface area (Å²) in [6.45, 7) is 10.1. The van der Waals surface area contributed by atoms with Gasteiger partial charge in [0.25, 0.3) is 0 Å². The summed E-state index contributed by atoms with van der Waals surface area (Å²) >= 11 is 0. The van der Waals surface area contributed by atoms with Gasteiger partial charge in [0.15, 0.2) is 5.82 Å². The van der Waals surface area contributed by atoms with E-state index in [0.29, 0.717) is 55.5 Å². The van der Waals surface area contributed by atoms with E-state index in [4.69, 9.17) is 20.9 Å². The van der Waals surface area contributed by atoms with Crippen LogP contribution in [0.15, 0.2) is 30.5 Å². The maximum atomic E-state index is 17.0. The monoisotopic (exact) mass is 710 g/mol. The Balaban J connectivity index is 1.16. The van der Waals surface area contributed by atoms with E-state index in [1.165, 1.54) is 30.5 Å². The summed E-state index contributed by atoms with van der Waals surface area (Å²) in [5.41, 5.74) is 0.00223. The van der Waals surface area contributed by atoms with Gasteiger partial charge in [-0.1, -0.05) is 25.3 Å². The van der Waals surface area contributed by atoms with Crippen LogP contribution in [-0.4, -0.2) is 101 Å². The largest absolute Gasteiger partial charge is 0.508 e. The summed E-state index contributed by atoms with van der Waals surface area (Å²) < 4.78 is 44.2. The van der Waals surface area contributed by atoms with Crippen LogP contribution in [0.4, 0.5) is 14.6 Å². The molecule has 3 saturated heterocycles. The number of anilines is 1. The predicted molar refractivity (Wildman–Crippen MR) is 194 cm³/mol. The Kier molecular flexibility index (Phi) is 8.90. The second-order valence-corrected chi connectivity index (χ2v) is 15.4. The van der Waals surface area contributed by atoms with Gasteiger partial charge in [-0.15, -0.1) is 6.42 Å². The fourth-order valence-corrected chi connectivity index (χ4v) is 9.32. The minimum Gasteiger partial charge on any atom is -0.508 e. The second kappa shape index (κ2) is 13.4. The van der Waals surface area contributed by atoms with E-state index < -0.39 is 11.6 Å². The van der Waals surface area contributed by atoms with Gasteiger partial charge in [0, 0.05) is 80.3 Å². The molecule has 4 aromatic rings. The van der Waals surface area contributed by atoms with Crippen molar-refractivity contribution >= 4 is 33.4 Å². The molecule has 0 bridgehead atoms. The molecule has 8 rings (SSSR count). The van der Waals surface area contributed by atoms with Crippen LogP contribution in [0.2, 0.25) is 0 Å². The number of hydrogen-bond donors (Lipinski definition) is 1. The highest BCUT2D eigenvalue weighted by Gasteiger charge is 2.51. The zero-order valence-electron chi connectivity index (χ0n) is 29.8. The number of aromatic nitrogens is 3. The maximum Gasteiger partial charge on any atom is 0.319 e. The average molecular weight is 711 g/mol. The molecule has 12 heteroatoms. The molecule has 4 aliphatic rings. The van der Waals surface area contributed by atoms with Gasteiger partial charge in [-0.25, -0.2) is 8.78 Å². The molecule has 2 aromatic carbocycles. The molecular formula is C40H44F2N6O4. The van der Waals surface area contributed by atoms with Gasteiger partial charge in [0.2, 0.25) is 5.91 Å². The lowest BCUT2D eigenvalue weighted by molar-refractivity contribution is -0.142. The number of likely N-dealkylation sites (tertiary alicyclic amines) is 2. The van der Waals surface area contributed by atoms with Gasteiger partial charge >= 0.3 is 6.01 Å². The minimum atomic E-state index is -0.745. The third-order valence-corrected chi connectivity index (χ3v) is 11.7. The highest BCUT2D eigenvalue weighted by atomic mass is 19.1. The number of carbonyl (C=O) groups excluding carboxylic acids is 1. The van der Waals surface area contributed by atoms with Gasteiger partial charge in [-0.2, -0.15) is 9.97 Å². The molecule has 1 amide bonds. The number of carbonyl (C=O) groups is 1. The Morgan fingerprint density at radius 3 is 2.75 bits per heavy atom. The van der Waals surface area contributed by atoms with Crippen molar-refractivity contribution in [2.75, 3.05) is 64.0 Å². The standard InChI is InChI=1S/C40H44F2N6O4/c1-4-28-31(41)10-9-26-18-27(50)19-29(33(26)28)35-34(42)36-30(20-43-35)37(46-14-7-16-51-17-15-46)45-38(44-36)52-24-40-11-5-8-32(40)47(13-6-12-40)21-39(3)22-48(23-39)25(2)49/h1,9-10,18-20,32,50H,5-8,11-17,21-24H2,2-3H3/t32-,40-/m1/s1. The van der Waals surface area contributed by atoms with Crippen LogP contribution in [-0.2, 0) is 9.53 Å². The minimum absolute atomic E-state index is 0.0176. The van der Waals surface area contributed by atoms with Gasteiger partial charge in [0.1, 0.15) is 28.6 Å². The Bertz CT molecular complexity index is 2090. The number of nitrogens with zero attached hydrogens (tertiary/aromatic N) is 6. The number of piperidine rings is 1. The highest BCUT2D eigenvalue weighted by molar-refractivity contribution is 6.03. The number of ether oxygens (including phenoxy) is 2. The third kappa shape index (κ3) is 6.07. The van der Waals surface area contributed by atoms with Gasteiger partial charge < -0.3 is 24.4 Å². The Morgan fingerprint density at radius 1 is 1.12 bits per heavy atom. The summed E-state index contributed by atoms with van der Waals surface area (Å²) in [6.07, 6.45) is 13.3. The Hall–Kier alpha value is -4.60. The first kappa shape index (κ1) is 34.5. The van der Waals surface area contributed by atoms with E-state index in [1.54, 1.807) is 6.92 Å². The number of phenols is 1. The molecule has 3 aliphatic heterocycles. The van der Waals surface area contributed by atoms with E-state index in [1.807, 2.05) is 4.90 Å². The van der Waals surface area contributed by atoms with Crippen LogP contribution in [0, 0.1) is 34.8 Å². The molecule has 4 fully saturated rings. The molecular weight excluding hydrogens is 666 g/mol. The quantitative estimate of drug-likeness (QED) is 0.234. The number of fused-ring (bicyclic) bond motifs is 3. The predicted octanol–water partition coefficient (Wildman–Crippen LogP) is 5.92. The van der Waals surface area contributed by atoms with E-state index in [2.05, 4.69) is 32.6 Å². The van der Waals surface area contributed by atoms with Crippen molar-refractivity contribution in [2.45, 2.75) is 58.4 Å². The normalized spacial score (nSPS) is 23.2. The molecule has 2 aromatic heterocycles. The van der Waals surface area contributed by atoms with Crippen LogP contribution in [0.3, 0.4) is 0 Å². The molecule has 52 heavy (non-hydrogen) atoms. The molecule has 0 radical (unpaired) electrons. The number of halogens is 2. The number of rotatable bonds is 7. The molecule has 272 valence electrons. The first-order valence-corrected chi connectivity index (χ1v) is 18.3. The first-order valence-electron chi connectivity index (χ1n) is 18.3. The molecule has 1 saturated carbocycles. The van der Waals surface area contributed by atoms with Crippen molar-refractivity contribution in [3.05, 3.63) is 47.7 Å². The number of aromatic hydroxyl groups is 1. The summed E-state index contributed by atoms with van der Waals surface area (Å²) in [5, 5.41) is 11.8. The molecule has 2 atom stereocenters. The molecule has 1 aliphatic carbocycles. The van der Waals surface area contributed by atoms with E-state index in [9.17, 15) is 14.3 Å². The van der Waals surface area contributed by atoms with Crippen molar-refractivity contribution in [3.63, 3.8) is 0 Å². The zero-order chi connectivity index (χ0) is 36.2. The number of benzene rings is 2. The summed E-state index contributed by atoms with van der Waals surface area (Å²) in [7, 11) is 0. The van der Waals surface area contributed by atoms with Crippen molar-refractivity contribution in [1.82, 2.24) is 24.8 Å². The van der Waals surface area contributed by atoms with Crippen molar-refractivity contribution < 1.29 is 28.2 Å². The Labute approximate surface area is 302 Å². The van der Waals surface area contributed by atoms with E-state index >= 15 is 4.39 Å². The Morgan fingerprint density at radius 2 is 1.94 bits per heavy atom. The third-order valence-electron chi connectivity index (χ3n) is 11.7. The number of amides is 1. The van der Waals surface area contributed by atoms with Crippen LogP contribution < -0.4 is 9.64 Å². The SMILES string of the molecule is C#Cc1c(F)ccc2cc(O)cc(-c3ncc4c(N5CCCOCC5)nc(OC[C@]56CCC[C@H]5N(CC5(C)CN(C(C)=O)C5)CCC6)nc4c3F)c12. The molecule has 0 unspecified atom stereocenters. The number of terminal acetylenes is 1. The van der Waals surface area contributed by atoms with Crippen LogP contribution in [0.5, 0.6) is 11.8 Å². The lowest BCUT2D eigenvalue weighted by Crippen LogP contribution is -2.63. The lowest BCUT2D eigenvalue weighted by Gasteiger charge is -2.54. The smallest absolute Gasteiger partial charge is 0.319 e. The van der Waals surface area contributed by atoms with Gasteiger partial charge in [-0.3, -0.25) is 14.7 Å². The van der Waals surface area contributed by atoms with E-state index in [-0.39, 0.29) is 56.2 Å². The van der Waals surface area contributed by atoms with E-state index in [0.717, 1.165) is 64.7 Å². The van der Waals surface area contributed by atoms with Crippen LogP contribution in [0.25, 0.3) is 32.9 Å². The van der Waals surface area contributed by atoms with Gasteiger partial charge in [0.05, 0.1) is 24.2 Å². The second-order valence-electron chi connectivity index (χ2n) is 15.4. The van der Waals surface area contributed by atoms with Gasteiger partial charge in [-0.05, 0) is 62.2 Å². The number of hydrogen-bond acceptors (Lipinski definition) is 9. The first-order chi connectivity index (χ1) is 25.1. The average Bonchev–Trinajstić information content (AvgIpc) is 3.37. The van der Waals surface area contributed by atoms with Crippen molar-refractivity contribution in [2.24, 2.45) is 10.8 Å². The molecule has 5 heterocycles. The number of pyridine rings is 1. The molecule has 0 spiro atoms. The van der Waals surface area contributed by atoms with Crippen LogP contribution >= 0.6 is 0 Å². The fraction of sp³-hybridized carbons (Fsp3) is 0.500. The summed E-state index contributed by atoms with van der Waals surface area (Å²) in [4.78, 5) is 32.6. The fourth-order valence-electron chi connectivity index (χ4n) is 9.32. The summed E-state index contributed by atoms with van der Waals surface area (Å²) in [6, 6.07) is 5.96. The van der Waals surface area contributed by atoms with Crippen molar-refractivity contribution in [1.29, 1.82) is 0 Å². The van der Waals surface area contributed by atoms with Crippen molar-refractivity contribution in [3.8, 4) is 35.4 Å². The zero-order valence-corrected chi connectivity index (χ0v) is 29.8.